The molecule has 7 heteroatoms. The Balaban J connectivity index is 2.29. The molecule has 0 atom stereocenters. The second-order valence-corrected chi connectivity index (χ2v) is 7.31. The van der Waals surface area contributed by atoms with E-state index in [0.29, 0.717) is 36.4 Å². The lowest BCUT2D eigenvalue weighted by Crippen LogP contribution is -2.54. The number of nitrogens with one attached hydrogen (secondary N) is 1. The Morgan fingerprint density at radius 2 is 2.11 bits per heavy atom. The van der Waals surface area contributed by atoms with Gasteiger partial charge in [0.05, 0.1) is 0 Å². The zero-order valence-electron chi connectivity index (χ0n) is 11.3. The number of sulfone groups is 1. The molecule has 1 N–H and O–H groups in total. The molecule has 0 spiro atoms. The van der Waals surface area contributed by atoms with Crippen molar-refractivity contribution in [2.24, 2.45) is 0 Å². The topological polar surface area (TPSA) is 89.3 Å². The lowest BCUT2D eigenvalue weighted by Gasteiger charge is -2.38. The molecule has 1 aliphatic rings. The fourth-order valence-corrected chi connectivity index (χ4v) is 3.73. The molecule has 2 rings (SSSR count). The molecule has 0 aromatic carbocycles. The minimum atomic E-state index is -3.43. The minimum Gasteiger partial charge on any atom is -0.359 e. The zero-order chi connectivity index (χ0) is 14.3. The number of nitrogens with zero attached hydrogens (tertiary/aromatic N) is 1. The van der Waals surface area contributed by atoms with Gasteiger partial charge in [-0.2, -0.15) is 0 Å². The van der Waals surface area contributed by atoms with Crippen molar-refractivity contribution in [3.63, 3.8) is 0 Å². The van der Waals surface area contributed by atoms with Gasteiger partial charge in [-0.25, -0.2) is 8.42 Å². The first kappa shape index (κ1) is 14.0. The van der Waals surface area contributed by atoms with Crippen molar-refractivity contribution in [3.8, 4) is 0 Å². The number of aromatic nitrogens is 1. The van der Waals surface area contributed by atoms with Gasteiger partial charge in [-0.3, -0.25) is 4.79 Å². The van der Waals surface area contributed by atoms with Crippen molar-refractivity contribution in [2.45, 2.75) is 44.3 Å². The average Bonchev–Trinajstić information content (AvgIpc) is 2.56. The number of carbonyl (C=O) groups excluding carboxylic acids is 1. The van der Waals surface area contributed by atoms with E-state index in [4.69, 9.17) is 4.52 Å². The molecule has 1 fully saturated rings. The van der Waals surface area contributed by atoms with Crippen molar-refractivity contribution in [2.75, 3.05) is 11.6 Å². The molecule has 1 heterocycles. The highest BCUT2D eigenvalue weighted by Gasteiger charge is 2.53. The lowest BCUT2D eigenvalue weighted by atomic mass is 9.83. The number of anilines is 1. The number of amides is 1. The standard InChI is InChI=1S/C12H18N2O4S/c1-4-9-10(8(2)18-14-9)13-11(15)12(6-5-7-12)19(3,16)17/h4-7H2,1-3H3,(H,13,15). The van der Waals surface area contributed by atoms with Gasteiger partial charge in [0.2, 0.25) is 5.91 Å². The predicted octanol–water partition coefficient (Wildman–Crippen LogP) is 1.45. The largest absolute Gasteiger partial charge is 0.359 e. The highest BCUT2D eigenvalue weighted by Crippen LogP contribution is 2.40. The molecule has 0 radical (unpaired) electrons. The average molecular weight is 286 g/mol. The van der Waals surface area contributed by atoms with Crippen LogP contribution in [-0.2, 0) is 21.1 Å². The van der Waals surface area contributed by atoms with Crippen LogP contribution >= 0.6 is 0 Å². The van der Waals surface area contributed by atoms with Crippen molar-refractivity contribution in [1.82, 2.24) is 5.16 Å². The molecule has 0 unspecified atom stereocenters. The Morgan fingerprint density at radius 3 is 2.53 bits per heavy atom. The first-order valence-corrected chi connectivity index (χ1v) is 8.17. The summed E-state index contributed by atoms with van der Waals surface area (Å²) in [5.74, 6) is 0.0235. The van der Waals surface area contributed by atoms with Crippen LogP contribution in [0, 0.1) is 6.92 Å². The van der Waals surface area contributed by atoms with E-state index in [2.05, 4.69) is 10.5 Å². The first-order valence-electron chi connectivity index (χ1n) is 6.28. The SMILES string of the molecule is CCc1noc(C)c1NC(=O)C1(S(C)(=O)=O)CCC1. The first-order chi connectivity index (χ1) is 8.82. The van der Waals surface area contributed by atoms with Crippen LogP contribution in [-0.4, -0.2) is 30.5 Å². The predicted molar refractivity (Wildman–Crippen MR) is 70.7 cm³/mol. The number of hydrogen-bond acceptors (Lipinski definition) is 5. The van der Waals surface area contributed by atoms with E-state index < -0.39 is 20.5 Å². The third kappa shape index (κ3) is 2.16. The maximum absolute atomic E-state index is 12.3. The molecule has 1 aliphatic carbocycles. The van der Waals surface area contributed by atoms with Gasteiger partial charge in [0.1, 0.15) is 11.4 Å². The molecular weight excluding hydrogens is 268 g/mol. The van der Waals surface area contributed by atoms with Crippen LogP contribution in [0.1, 0.15) is 37.6 Å². The van der Waals surface area contributed by atoms with E-state index in [0.717, 1.165) is 12.7 Å². The van der Waals surface area contributed by atoms with Gasteiger partial charge in [-0.15, -0.1) is 0 Å². The third-order valence-electron chi connectivity index (χ3n) is 3.79. The molecular formula is C12H18N2O4S. The van der Waals surface area contributed by atoms with Crippen LogP contribution in [0.4, 0.5) is 5.69 Å². The monoisotopic (exact) mass is 286 g/mol. The van der Waals surface area contributed by atoms with Gasteiger partial charge in [-0.05, 0) is 32.6 Å². The fourth-order valence-electron chi connectivity index (χ4n) is 2.31. The van der Waals surface area contributed by atoms with Crippen LogP contribution in [0.5, 0.6) is 0 Å². The number of rotatable bonds is 4. The Morgan fingerprint density at radius 1 is 1.47 bits per heavy atom. The molecule has 1 aromatic rings. The fraction of sp³-hybridized carbons (Fsp3) is 0.667. The molecule has 1 saturated carbocycles. The van der Waals surface area contributed by atoms with Gasteiger partial charge in [0.15, 0.2) is 20.3 Å². The molecule has 19 heavy (non-hydrogen) atoms. The zero-order valence-corrected chi connectivity index (χ0v) is 12.1. The van der Waals surface area contributed by atoms with Crippen LogP contribution in [0.15, 0.2) is 4.52 Å². The van der Waals surface area contributed by atoms with Gasteiger partial charge in [0, 0.05) is 6.26 Å². The highest BCUT2D eigenvalue weighted by molar-refractivity contribution is 7.93. The molecule has 1 amide bonds. The number of hydrogen-bond donors (Lipinski definition) is 1. The van der Waals surface area contributed by atoms with Crippen LogP contribution in [0.25, 0.3) is 0 Å². The van der Waals surface area contributed by atoms with E-state index in [1.807, 2.05) is 6.92 Å². The van der Waals surface area contributed by atoms with Crippen molar-refractivity contribution in [1.29, 1.82) is 0 Å². The normalized spacial score (nSPS) is 17.8. The maximum Gasteiger partial charge on any atom is 0.245 e. The summed E-state index contributed by atoms with van der Waals surface area (Å²) in [4.78, 5) is 12.3. The van der Waals surface area contributed by atoms with Gasteiger partial charge in [0.25, 0.3) is 0 Å². The van der Waals surface area contributed by atoms with Gasteiger partial charge in [-0.1, -0.05) is 12.1 Å². The molecule has 0 saturated heterocycles. The summed E-state index contributed by atoms with van der Waals surface area (Å²) in [5.41, 5.74) is 1.14. The Labute approximate surface area is 112 Å². The second-order valence-electron chi connectivity index (χ2n) is 4.99. The van der Waals surface area contributed by atoms with E-state index in [1.165, 1.54) is 0 Å². The summed E-state index contributed by atoms with van der Waals surface area (Å²) in [6.07, 6.45) is 3.24. The van der Waals surface area contributed by atoms with Crippen LogP contribution in [0.3, 0.4) is 0 Å². The maximum atomic E-state index is 12.3. The Hall–Kier alpha value is -1.37. The Kier molecular flexibility index (Phi) is 3.42. The quantitative estimate of drug-likeness (QED) is 0.905. The Bertz CT molecular complexity index is 599. The van der Waals surface area contributed by atoms with E-state index >= 15 is 0 Å². The van der Waals surface area contributed by atoms with Crippen LogP contribution in [0.2, 0.25) is 0 Å². The van der Waals surface area contributed by atoms with Gasteiger partial charge >= 0.3 is 0 Å². The summed E-state index contributed by atoms with van der Waals surface area (Å²) in [7, 11) is -3.43. The van der Waals surface area contributed by atoms with Crippen molar-refractivity contribution >= 4 is 21.4 Å². The molecule has 1 aromatic heterocycles. The van der Waals surface area contributed by atoms with Crippen molar-refractivity contribution < 1.29 is 17.7 Å². The smallest absolute Gasteiger partial charge is 0.245 e. The second kappa shape index (κ2) is 4.63. The highest BCUT2D eigenvalue weighted by atomic mass is 32.2. The van der Waals surface area contributed by atoms with Gasteiger partial charge < -0.3 is 9.84 Å². The van der Waals surface area contributed by atoms with E-state index in [-0.39, 0.29) is 0 Å². The summed E-state index contributed by atoms with van der Waals surface area (Å²) in [5, 5.41) is 6.52. The summed E-state index contributed by atoms with van der Waals surface area (Å²) in [6, 6.07) is 0. The van der Waals surface area contributed by atoms with Crippen LogP contribution < -0.4 is 5.32 Å². The van der Waals surface area contributed by atoms with E-state index in [9.17, 15) is 13.2 Å². The molecule has 106 valence electrons. The molecule has 0 bridgehead atoms. The lowest BCUT2D eigenvalue weighted by molar-refractivity contribution is -0.120. The summed E-state index contributed by atoms with van der Waals surface area (Å²) < 4.78 is 27.4. The van der Waals surface area contributed by atoms with Crippen molar-refractivity contribution in [3.05, 3.63) is 11.5 Å². The minimum absolute atomic E-state index is 0.378. The van der Waals surface area contributed by atoms with E-state index in [1.54, 1.807) is 6.92 Å². The summed E-state index contributed by atoms with van der Waals surface area (Å²) in [6.45, 7) is 3.58. The summed E-state index contributed by atoms with van der Waals surface area (Å²) >= 11 is 0. The number of aryl methyl sites for hydroxylation is 2. The molecule has 0 aliphatic heterocycles. The molecule has 6 nitrogen and oxygen atoms in total. The number of carbonyl (C=O) groups is 1. The third-order valence-corrected chi connectivity index (χ3v) is 5.80.